The largest absolute Gasteiger partial charge is 0.496 e. The number of carbonyl (C=O) groups is 2. The van der Waals surface area contributed by atoms with E-state index in [1.807, 2.05) is 43.3 Å². The van der Waals surface area contributed by atoms with Crippen LogP contribution in [0.5, 0.6) is 5.75 Å². The van der Waals surface area contributed by atoms with Crippen molar-refractivity contribution >= 4 is 23.1 Å². The quantitative estimate of drug-likeness (QED) is 0.763. The van der Waals surface area contributed by atoms with E-state index in [0.717, 1.165) is 11.3 Å². The lowest BCUT2D eigenvalue weighted by Crippen LogP contribution is -2.35. The maximum absolute atomic E-state index is 13.0. The van der Waals surface area contributed by atoms with Crippen molar-refractivity contribution in [2.24, 2.45) is 0 Å². The first-order valence-corrected chi connectivity index (χ1v) is 8.63. The molecule has 0 spiro atoms. The number of ether oxygens (including phenoxy) is 2. The number of hydrogen-bond donors (Lipinski definition) is 1. The Kier molecular flexibility index (Phi) is 5.57. The molecule has 0 bridgehead atoms. The predicted octanol–water partition coefficient (Wildman–Crippen LogP) is 2.84. The molecule has 1 N–H and O–H groups in total. The number of hydrogen-bond acceptors (Lipinski definition) is 5. The second-order valence-electron chi connectivity index (χ2n) is 6.20. The Morgan fingerprint density at radius 2 is 1.67 bits per heavy atom. The second kappa shape index (κ2) is 8.05. The molecule has 2 amide bonds. The average Bonchev–Trinajstić information content (AvgIpc) is 2.91. The van der Waals surface area contributed by atoms with Gasteiger partial charge in [-0.25, -0.2) is 0 Å². The van der Waals surface area contributed by atoms with Crippen molar-refractivity contribution in [3.63, 3.8) is 0 Å². The van der Waals surface area contributed by atoms with E-state index >= 15 is 0 Å². The highest BCUT2D eigenvalue weighted by atomic mass is 16.5. The van der Waals surface area contributed by atoms with Crippen LogP contribution in [0.4, 0.5) is 5.69 Å². The van der Waals surface area contributed by atoms with Crippen LogP contribution < -0.4 is 10.1 Å². The number of aryl methyl sites for hydroxylation is 1. The van der Waals surface area contributed by atoms with Gasteiger partial charge >= 0.3 is 0 Å². The Labute approximate surface area is 158 Å². The smallest absolute Gasteiger partial charge is 0.278 e. The molecule has 0 unspecified atom stereocenters. The van der Waals surface area contributed by atoms with Gasteiger partial charge < -0.3 is 14.8 Å². The van der Waals surface area contributed by atoms with Gasteiger partial charge in [-0.2, -0.15) is 0 Å². The summed E-state index contributed by atoms with van der Waals surface area (Å²) in [5.41, 5.74) is 2.96. The number of rotatable bonds is 7. The van der Waals surface area contributed by atoms with Gasteiger partial charge in [0.05, 0.1) is 25.8 Å². The van der Waals surface area contributed by atoms with Crippen LogP contribution in [0.3, 0.4) is 0 Å². The molecule has 6 heteroatoms. The van der Waals surface area contributed by atoms with E-state index in [1.165, 1.54) is 19.1 Å². The highest BCUT2D eigenvalue weighted by Crippen LogP contribution is 2.35. The van der Waals surface area contributed by atoms with Gasteiger partial charge in [0.2, 0.25) is 0 Å². The highest BCUT2D eigenvalue weighted by Gasteiger charge is 2.39. The van der Waals surface area contributed by atoms with Crippen molar-refractivity contribution in [2.45, 2.75) is 6.92 Å². The number of carbonyl (C=O) groups excluding carboxylic acids is 2. The molecule has 0 saturated carbocycles. The van der Waals surface area contributed by atoms with Gasteiger partial charge in [0.15, 0.2) is 0 Å². The topological polar surface area (TPSA) is 67.9 Å². The van der Waals surface area contributed by atoms with Crippen LogP contribution >= 0.6 is 0 Å². The van der Waals surface area contributed by atoms with Crippen molar-refractivity contribution in [3.8, 4) is 5.75 Å². The summed E-state index contributed by atoms with van der Waals surface area (Å²) in [5.74, 6) is -0.208. The number of anilines is 1. The first-order chi connectivity index (χ1) is 13.1. The van der Waals surface area contributed by atoms with Gasteiger partial charge in [0.1, 0.15) is 11.4 Å². The summed E-state index contributed by atoms with van der Waals surface area (Å²) in [6.45, 7) is 2.44. The zero-order chi connectivity index (χ0) is 19.4. The Hall–Kier alpha value is -3.12. The number of nitrogens with zero attached hydrogens (tertiary/aromatic N) is 1. The number of benzene rings is 2. The second-order valence-corrected chi connectivity index (χ2v) is 6.20. The zero-order valence-corrected chi connectivity index (χ0v) is 15.6. The molecule has 2 aromatic carbocycles. The molecule has 6 nitrogen and oxygen atoms in total. The molecule has 140 valence electrons. The molecule has 1 aliphatic heterocycles. The molecule has 0 fully saturated rings. The summed E-state index contributed by atoms with van der Waals surface area (Å²) in [7, 11) is 3.07. The summed E-state index contributed by atoms with van der Waals surface area (Å²) in [4.78, 5) is 27.2. The fourth-order valence-corrected chi connectivity index (χ4v) is 2.96. The predicted molar refractivity (Wildman–Crippen MR) is 103 cm³/mol. The van der Waals surface area contributed by atoms with Crippen molar-refractivity contribution in [1.82, 2.24) is 4.90 Å². The first-order valence-electron chi connectivity index (χ1n) is 8.63. The Balaban J connectivity index is 2.07. The maximum atomic E-state index is 13.0. The molecule has 27 heavy (non-hydrogen) atoms. The molecule has 0 saturated heterocycles. The van der Waals surface area contributed by atoms with E-state index in [-0.39, 0.29) is 30.7 Å². The van der Waals surface area contributed by atoms with Gasteiger partial charge in [-0.1, -0.05) is 35.9 Å². The number of methoxy groups -OCH3 is 2. The van der Waals surface area contributed by atoms with Gasteiger partial charge in [-0.05, 0) is 25.1 Å². The summed E-state index contributed by atoms with van der Waals surface area (Å²) in [6.07, 6.45) is 0. The van der Waals surface area contributed by atoms with E-state index in [2.05, 4.69) is 5.32 Å². The fraction of sp³-hybridized carbons (Fsp3) is 0.238. The van der Waals surface area contributed by atoms with Crippen LogP contribution in [0.15, 0.2) is 54.2 Å². The lowest BCUT2D eigenvalue weighted by atomic mass is 10.0. The van der Waals surface area contributed by atoms with E-state index in [9.17, 15) is 9.59 Å². The van der Waals surface area contributed by atoms with Crippen LogP contribution in [0.1, 0.15) is 11.1 Å². The van der Waals surface area contributed by atoms with E-state index in [4.69, 9.17) is 9.47 Å². The number of amides is 2. The number of para-hydroxylation sites is 1. The van der Waals surface area contributed by atoms with Crippen LogP contribution in [-0.4, -0.2) is 44.1 Å². The van der Waals surface area contributed by atoms with Crippen molar-refractivity contribution in [1.29, 1.82) is 0 Å². The molecule has 2 aromatic rings. The molecule has 0 aromatic heterocycles. The molecule has 0 radical (unpaired) electrons. The monoisotopic (exact) mass is 366 g/mol. The summed E-state index contributed by atoms with van der Waals surface area (Å²) >= 11 is 0. The molecule has 0 aliphatic carbocycles. The normalized spacial score (nSPS) is 14.1. The average molecular weight is 366 g/mol. The molecular formula is C21H22N2O4. The molecule has 1 heterocycles. The van der Waals surface area contributed by atoms with Crippen molar-refractivity contribution in [2.75, 3.05) is 32.7 Å². The van der Waals surface area contributed by atoms with E-state index < -0.39 is 0 Å². The van der Waals surface area contributed by atoms with Crippen LogP contribution in [0.2, 0.25) is 0 Å². The van der Waals surface area contributed by atoms with Crippen LogP contribution in [0.25, 0.3) is 5.57 Å². The Bertz CT molecular complexity index is 887. The molecule has 3 rings (SSSR count). The van der Waals surface area contributed by atoms with Gasteiger partial charge in [0, 0.05) is 18.4 Å². The fourth-order valence-electron chi connectivity index (χ4n) is 2.96. The minimum Gasteiger partial charge on any atom is -0.496 e. The third-order valence-electron chi connectivity index (χ3n) is 4.38. The van der Waals surface area contributed by atoms with Crippen molar-refractivity contribution in [3.05, 3.63) is 65.4 Å². The standard InChI is InChI=1S/C21H22N2O4/c1-14-8-10-15(11-9-14)22-19-18(16-6-4-5-7-17(16)27-3)20(24)23(21(19)25)12-13-26-2/h4-11,22H,12-13H2,1-3H3. The lowest BCUT2D eigenvalue weighted by molar-refractivity contribution is -0.137. The Morgan fingerprint density at radius 3 is 2.33 bits per heavy atom. The van der Waals surface area contributed by atoms with Gasteiger partial charge in [-0.3, -0.25) is 14.5 Å². The van der Waals surface area contributed by atoms with Crippen LogP contribution in [0, 0.1) is 6.92 Å². The molecular weight excluding hydrogens is 344 g/mol. The third kappa shape index (κ3) is 3.71. The number of nitrogens with one attached hydrogen (secondary N) is 1. The van der Waals surface area contributed by atoms with Gasteiger partial charge in [0.25, 0.3) is 11.8 Å². The summed E-state index contributed by atoms with van der Waals surface area (Å²) < 4.78 is 10.4. The van der Waals surface area contributed by atoms with Crippen molar-refractivity contribution < 1.29 is 19.1 Å². The summed E-state index contributed by atoms with van der Waals surface area (Å²) in [5, 5.41) is 3.13. The minimum absolute atomic E-state index is 0.186. The number of imide groups is 1. The SMILES string of the molecule is COCCN1C(=O)C(Nc2ccc(C)cc2)=C(c2ccccc2OC)C1=O. The van der Waals surface area contributed by atoms with E-state index in [1.54, 1.807) is 12.1 Å². The molecule has 0 atom stereocenters. The van der Waals surface area contributed by atoms with E-state index in [0.29, 0.717) is 16.9 Å². The Morgan fingerprint density at radius 1 is 0.963 bits per heavy atom. The van der Waals surface area contributed by atoms with Crippen LogP contribution in [-0.2, 0) is 14.3 Å². The summed E-state index contributed by atoms with van der Waals surface area (Å²) in [6, 6.07) is 14.8. The maximum Gasteiger partial charge on any atom is 0.278 e. The third-order valence-corrected chi connectivity index (χ3v) is 4.38. The molecule has 1 aliphatic rings. The highest BCUT2D eigenvalue weighted by molar-refractivity contribution is 6.37. The minimum atomic E-state index is -0.376. The zero-order valence-electron chi connectivity index (χ0n) is 15.6. The van der Waals surface area contributed by atoms with Gasteiger partial charge in [-0.15, -0.1) is 0 Å². The lowest BCUT2D eigenvalue weighted by Gasteiger charge is -2.14. The first kappa shape index (κ1) is 18.7.